The predicted molar refractivity (Wildman–Crippen MR) is 101 cm³/mol. The average Bonchev–Trinajstić information content (AvgIpc) is 2.74. The van der Waals surface area contributed by atoms with Crippen LogP contribution in [0.4, 0.5) is 4.39 Å². The highest BCUT2D eigenvalue weighted by Gasteiger charge is 2.23. The fourth-order valence-corrected chi connectivity index (χ4v) is 3.12. The van der Waals surface area contributed by atoms with Crippen LogP contribution < -0.4 is 10.1 Å². The van der Waals surface area contributed by atoms with Gasteiger partial charge in [0.1, 0.15) is 17.6 Å². The monoisotopic (exact) mass is 383 g/mol. The van der Waals surface area contributed by atoms with Gasteiger partial charge in [0.25, 0.3) is 5.91 Å². The van der Waals surface area contributed by atoms with Crippen molar-refractivity contribution >= 4 is 5.91 Å². The van der Waals surface area contributed by atoms with Crippen LogP contribution in [-0.2, 0) is 9.53 Å². The number of hydrogen-bond acceptors (Lipinski definition) is 5. The number of halogens is 1. The third kappa shape index (κ3) is 5.28. The van der Waals surface area contributed by atoms with Crippen molar-refractivity contribution < 1.29 is 18.7 Å². The first-order valence-electron chi connectivity index (χ1n) is 9.13. The third-order valence-electron chi connectivity index (χ3n) is 4.60. The SMILES string of the molecule is N#Cc1ccccc1OCC(=O)NC[C@@H](c1ccc(F)cc1)N1CCOCC1. The molecule has 2 aromatic rings. The lowest BCUT2D eigenvalue weighted by atomic mass is 10.0. The number of hydrogen-bond donors (Lipinski definition) is 1. The van der Waals surface area contributed by atoms with Gasteiger partial charge in [0.05, 0.1) is 24.8 Å². The van der Waals surface area contributed by atoms with Gasteiger partial charge in [-0.15, -0.1) is 0 Å². The summed E-state index contributed by atoms with van der Waals surface area (Å²) in [5, 5.41) is 12.0. The second kappa shape index (κ2) is 9.83. The number of para-hydroxylation sites is 1. The van der Waals surface area contributed by atoms with Gasteiger partial charge in [-0.25, -0.2) is 4.39 Å². The Labute approximate surface area is 163 Å². The molecule has 7 heteroatoms. The number of nitriles is 1. The topological polar surface area (TPSA) is 74.6 Å². The lowest BCUT2D eigenvalue weighted by molar-refractivity contribution is -0.123. The fourth-order valence-electron chi connectivity index (χ4n) is 3.12. The lowest BCUT2D eigenvalue weighted by Crippen LogP contribution is -2.44. The van der Waals surface area contributed by atoms with Gasteiger partial charge in [-0.05, 0) is 29.8 Å². The number of ether oxygens (including phenoxy) is 2. The van der Waals surface area contributed by atoms with E-state index in [9.17, 15) is 9.18 Å². The molecule has 6 nitrogen and oxygen atoms in total. The highest BCUT2D eigenvalue weighted by atomic mass is 19.1. The molecule has 2 aromatic carbocycles. The first-order chi connectivity index (χ1) is 13.7. The smallest absolute Gasteiger partial charge is 0.258 e. The molecule has 1 amide bonds. The number of morpholine rings is 1. The highest BCUT2D eigenvalue weighted by Crippen LogP contribution is 2.22. The van der Waals surface area contributed by atoms with Gasteiger partial charge in [-0.1, -0.05) is 24.3 Å². The van der Waals surface area contributed by atoms with E-state index < -0.39 is 0 Å². The molecule has 0 aliphatic carbocycles. The Morgan fingerprint density at radius 3 is 2.64 bits per heavy atom. The molecule has 28 heavy (non-hydrogen) atoms. The van der Waals surface area contributed by atoms with Crippen LogP contribution in [0.3, 0.4) is 0 Å². The number of benzene rings is 2. The molecule has 1 heterocycles. The maximum Gasteiger partial charge on any atom is 0.258 e. The molecule has 0 spiro atoms. The molecular weight excluding hydrogens is 361 g/mol. The summed E-state index contributed by atoms with van der Waals surface area (Å²) in [4.78, 5) is 14.5. The van der Waals surface area contributed by atoms with E-state index in [4.69, 9.17) is 14.7 Å². The first-order valence-corrected chi connectivity index (χ1v) is 9.13. The number of nitrogens with zero attached hydrogens (tertiary/aromatic N) is 2. The molecule has 1 aliphatic rings. The van der Waals surface area contributed by atoms with Gasteiger partial charge in [-0.2, -0.15) is 5.26 Å². The van der Waals surface area contributed by atoms with Gasteiger partial charge in [0, 0.05) is 19.6 Å². The fraction of sp³-hybridized carbons (Fsp3) is 0.333. The van der Waals surface area contributed by atoms with Crippen molar-refractivity contribution in [3.8, 4) is 11.8 Å². The van der Waals surface area contributed by atoms with Gasteiger partial charge in [0.2, 0.25) is 0 Å². The molecule has 0 saturated carbocycles. The quantitative estimate of drug-likeness (QED) is 0.794. The number of rotatable bonds is 7. The Kier molecular flexibility index (Phi) is 6.95. The largest absolute Gasteiger partial charge is 0.482 e. The van der Waals surface area contributed by atoms with Crippen molar-refractivity contribution in [3.05, 3.63) is 65.5 Å². The van der Waals surface area contributed by atoms with E-state index >= 15 is 0 Å². The molecule has 1 fully saturated rings. The zero-order valence-electron chi connectivity index (χ0n) is 15.4. The van der Waals surface area contributed by atoms with Crippen LogP contribution in [0.25, 0.3) is 0 Å². The van der Waals surface area contributed by atoms with Crippen LogP contribution in [0, 0.1) is 17.1 Å². The van der Waals surface area contributed by atoms with Crippen molar-refractivity contribution in [2.75, 3.05) is 39.5 Å². The summed E-state index contributed by atoms with van der Waals surface area (Å²) >= 11 is 0. The van der Waals surface area contributed by atoms with E-state index in [1.165, 1.54) is 12.1 Å². The highest BCUT2D eigenvalue weighted by molar-refractivity contribution is 5.77. The van der Waals surface area contributed by atoms with E-state index in [-0.39, 0.29) is 24.4 Å². The molecule has 1 atom stereocenters. The first kappa shape index (κ1) is 19.8. The number of carbonyl (C=O) groups is 1. The van der Waals surface area contributed by atoms with Crippen molar-refractivity contribution in [1.82, 2.24) is 10.2 Å². The Hall–Kier alpha value is -2.95. The van der Waals surface area contributed by atoms with Crippen molar-refractivity contribution in [1.29, 1.82) is 5.26 Å². The van der Waals surface area contributed by atoms with E-state index in [0.717, 1.165) is 18.7 Å². The standard InChI is InChI=1S/C21H22FN3O3/c22-18-7-5-16(6-8-18)19(25-9-11-27-12-10-25)14-24-21(26)15-28-20-4-2-1-3-17(20)13-23/h1-8,19H,9-12,14-15H2,(H,24,26)/t19-/m0/s1. The van der Waals surface area contributed by atoms with Crippen molar-refractivity contribution in [3.63, 3.8) is 0 Å². The summed E-state index contributed by atoms with van der Waals surface area (Å²) in [6.07, 6.45) is 0. The summed E-state index contributed by atoms with van der Waals surface area (Å²) in [6.45, 7) is 2.92. The third-order valence-corrected chi connectivity index (χ3v) is 4.60. The van der Waals surface area contributed by atoms with E-state index in [2.05, 4.69) is 10.2 Å². The zero-order valence-corrected chi connectivity index (χ0v) is 15.4. The Morgan fingerprint density at radius 1 is 1.21 bits per heavy atom. The molecular formula is C21H22FN3O3. The number of nitrogens with one attached hydrogen (secondary N) is 1. The molecule has 146 valence electrons. The van der Waals surface area contributed by atoms with E-state index in [0.29, 0.717) is 31.1 Å². The minimum absolute atomic E-state index is 0.0835. The predicted octanol–water partition coefficient (Wildman–Crippen LogP) is 2.27. The van der Waals surface area contributed by atoms with Crippen molar-refractivity contribution in [2.24, 2.45) is 0 Å². The Balaban J connectivity index is 1.60. The summed E-state index contributed by atoms with van der Waals surface area (Å²) in [6, 6.07) is 15.0. The van der Waals surface area contributed by atoms with E-state index in [1.54, 1.807) is 36.4 Å². The normalized spacial score (nSPS) is 15.4. The maximum absolute atomic E-state index is 13.3. The molecule has 1 N–H and O–H groups in total. The van der Waals surface area contributed by atoms with Crippen LogP contribution in [0.2, 0.25) is 0 Å². The average molecular weight is 383 g/mol. The number of carbonyl (C=O) groups excluding carboxylic acids is 1. The molecule has 1 saturated heterocycles. The van der Waals surface area contributed by atoms with Gasteiger partial charge < -0.3 is 14.8 Å². The molecule has 1 aliphatic heterocycles. The van der Waals surface area contributed by atoms with Crippen LogP contribution in [0.5, 0.6) is 5.75 Å². The molecule has 0 radical (unpaired) electrons. The van der Waals surface area contributed by atoms with E-state index in [1.807, 2.05) is 6.07 Å². The lowest BCUT2D eigenvalue weighted by Gasteiger charge is -2.35. The Morgan fingerprint density at radius 2 is 1.93 bits per heavy atom. The van der Waals surface area contributed by atoms with Crippen LogP contribution in [0.15, 0.2) is 48.5 Å². The summed E-state index contributed by atoms with van der Waals surface area (Å²) in [7, 11) is 0. The second-order valence-corrected chi connectivity index (χ2v) is 6.42. The van der Waals surface area contributed by atoms with Crippen LogP contribution >= 0.6 is 0 Å². The van der Waals surface area contributed by atoms with Gasteiger partial charge >= 0.3 is 0 Å². The van der Waals surface area contributed by atoms with Crippen LogP contribution in [-0.4, -0.2) is 50.3 Å². The van der Waals surface area contributed by atoms with Gasteiger partial charge in [0.15, 0.2) is 6.61 Å². The maximum atomic E-state index is 13.3. The molecule has 0 bridgehead atoms. The minimum atomic E-state index is -0.293. The van der Waals surface area contributed by atoms with Gasteiger partial charge in [-0.3, -0.25) is 9.69 Å². The van der Waals surface area contributed by atoms with Crippen LogP contribution in [0.1, 0.15) is 17.2 Å². The summed E-state index contributed by atoms with van der Waals surface area (Å²) in [5.41, 5.74) is 1.31. The second-order valence-electron chi connectivity index (χ2n) is 6.42. The number of amides is 1. The molecule has 0 aromatic heterocycles. The molecule has 3 rings (SSSR count). The summed E-state index contributed by atoms with van der Waals surface area (Å²) in [5.74, 6) is -0.199. The minimum Gasteiger partial charge on any atom is -0.482 e. The molecule has 0 unspecified atom stereocenters. The summed E-state index contributed by atoms with van der Waals surface area (Å²) < 4.78 is 24.2. The van der Waals surface area contributed by atoms with Crippen molar-refractivity contribution in [2.45, 2.75) is 6.04 Å². The Bertz CT molecular complexity index is 830. The zero-order chi connectivity index (χ0) is 19.8.